The second-order valence-corrected chi connectivity index (χ2v) is 7.89. The van der Waals surface area contributed by atoms with E-state index >= 15 is 0 Å². The second-order valence-electron chi connectivity index (χ2n) is 5.64. The van der Waals surface area contributed by atoms with Gasteiger partial charge in [0, 0.05) is 26.6 Å². The van der Waals surface area contributed by atoms with Gasteiger partial charge in [0.15, 0.2) is 5.11 Å². The summed E-state index contributed by atoms with van der Waals surface area (Å²) in [7, 11) is 0. The molecule has 0 aliphatic carbocycles. The molecule has 1 N–H and O–H groups in total. The highest BCUT2D eigenvalue weighted by atomic mass is 79.9. The average Bonchev–Trinajstić information content (AvgIpc) is 3.20. The molecule has 0 saturated carbocycles. The molecule has 0 amide bonds. The van der Waals surface area contributed by atoms with Crippen molar-refractivity contribution in [2.24, 2.45) is 0 Å². The molecule has 1 aliphatic rings. The molecule has 3 nitrogen and oxygen atoms in total. The Kier molecular flexibility index (Phi) is 4.54. The number of hydrogen-bond donors (Lipinski definition) is 1. The van der Waals surface area contributed by atoms with Gasteiger partial charge in [0.1, 0.15) is 5.82 Å². The van der Waals surface area contributed by atoms with E-state index in [4.69, 9.17) is 12.2 Å². The van der Waals surface area contributed by atoms with E-state index in [1.165, 1.54) is 12.1 Å². The van der Waals surface area contributed by atoms with Crippen LogP contribution in [0.3, 0.4) is 0 Å². The van der Waals surface area contributed by atoms with Crippen LogP contribution in [0.15, 0.2) is 64.6 Å². The molecule has 2 atom stereocenters. The van der Waals surface area contributed by atoms with Crippen LogP contribution in [-0.2, 0) is 0 Å². The molecule has 1 aromatic carbocycles. The first-order valence-corrected chi connectivity index (χ1v) is 9.72. The third-order valence-electron chi connectivity index (χ3n) is 4.08. The van der Waals surface area contributed by atoms with Crippen LogP contribution in [0, 0.1) is 5.82 Å². The van der Waals surface area contributed by atoms with Gasteiger partial charge in [-0.3, -0.25) is 4.98 Å². The molecule has 25 heavy (non-hydrogen) atoms. The van der Waals surface area contributed by atoms with Gasteiger partial charge in [-0.2, -0.15) is 0 Å². The van der Waals surface area contributed by atoms with E-state index in [9.17, 15) is 4.39 Å². The number of aromatic nitrogens is 1. The van der Waals surface area contributed by atoms with Crippen molar-refractivity contribution in [2.45, 2.75) is 12.1 Å². The maximum absolute atomic E-state index is 13.4. The number of benzene rings is 1. The molecule has 126 valence electrons. The van der Waals surface area contributed by atoms with Crippen molar-refractivity contribution in [1.29, 1.82) is 0 Å². The van der Waals surface area contributed by atoms with Crippen molar-refractivity contribution >= 4 is 50.3 Å². The van der Waals surface area contributed by atoms with Gasteiger partial charge in [0.2, 0.25) is 0 Å². The second kappa shape index (κ2) is 6.82. The first kappa shape index (κ1) is 16.6. The van der Waals surface area contributed by atoms with Crippen LogP contribution in [0.1, 0.15) is 22.7 Å². The minimum Gasteiger partial charge on any atom is -0.351 e. The normalized spacial score (nSPS) is 19.9. The van der Waals surface area contributed by atoms with E-state index in [-0.39, 0.29) is 17.9 Å². The lowest BCUT2D eigenvalue weighted by Gasteiger charge is -2.26. The SMILES string of the molecule is Fc1ccc(N2C(=S)N[C@H](c3ccccn3)[C@@H]2c2cc(Br)cs2)cc1. The van der Waals surface area contributed by atoms with Gasteiger partial charge in [-0.15, -0.1) is 11.3 Å². The number of anilines is 1. The summed E-state index contributed by atoms with van der Waals surface area (Å²) in [5.74, 6) is -0.265. The van der Waals surface area contributed by atoms with Crippen molar-refractivity contribution in [3.05, 3.63) is 81.0 Å². The molecule has 3 aromatic rings. The molecule has 1 fully saturated rings. The number of hydrogen-bond acceptors (Lipinski definition) is 3. The topological polar surface area (TPSA) is 28.2 Å². The molecule has 3 heterocycles. The van der Waals surface area contributed by atoms with Gasteiger partial charge < -0.3 is 10.2 Å². The Morgan fingerprint density at radius 2 is 2.00 bits per heavy atom. The van der Waals surface area contributed by atoms with Gasteiger partial charge in [0.05, 0.1) is 17.8 Å². The van der Waals surface area contributed by atoms with E-state index < -0.39 is 0 Å². The van der Waals surface area contributed by atoms with Gasteiger partial charge >= 0.3 is 0 Å². The molecule has 0 unspecified atom stereocenters. The molecule has 1 saturated heterocycles. The molecule has 7 heteroatoms. The van der Waals surface area contributed by atoms with E-state index in [1.807, 2.05) is 23.1 Å². The van der Waals surface area contributed by atoms with Crippen LogP contribution >= 0.6 is 39.5 Å². The van der Waals surface area contributed by atoms with E-state index in [1.54, 1.807) is 29.7 Å². The molecule has 0 spiro atoms. The highest BCUT2D eigenvalue weighted by molar-refractivity contribution is 9.10. The summed E-state index contributed by atoms with van der Waals surface area (Å²) in [6, 6.07) is 14.2. The fourth-order valence-electron chi connectivity index (χ4n) is 3.01. The Labute approximate surface area is 162 Å². The van der Waals surface area contributed by atoms with E-state index in [2.05, 4.69) is 37.7 Å². The van der Waals surface area contributed by atoms with E-state index in [0.717, 1.165) is 20.7 Å². The Balaban J connectivity index is 1.81. The standard InChI is InChI=1S/C18H13BrFN3S2/c19-11-9-15(25-10-11)17-16(14-3-1-2-8-21-14)22-18(24)23(17)13-6-4-12(20)5-7-13/h1-10,16-17H,(H,22,24)/t16-,17+/m1/s1. The van der Waals surface area contributed by atoms with Crippen LogP contribution in [0.4, 0.5) is 10.1 Å². The quantitative estimate of drug-likeness (QED) is 0.572. The summed E-state index contributed by atoms with van der Waals surface area (Å²) in [6.07, 6.45) is 1.78. The monoisotopic (exact) mass is 433 g/mol. The van der Waals surface area contributed by atoms with Gasteiger partial charge in [-0.1, -0.05) is 6.07 Å². The Morgan fingerprint density at radius 3 is 2.64 bits per heavy atom. The first-order valence-electron chi connectivity index (χ1n) is 7.63. The third kappa shape index (κ3) is 3.19. The van der Waals surface area contributed by atoms with Crippen molar-refractivity contribution in [2.75, 3.05) is 4.90 Å². The minimum atomic E-state index is -0.265. The van der Waals surface area contributed by atoms with Crippen LogP contribution in [0.2, 0.25) is 0 Å². The molecule has 0 radical (unpaired) electrons. The lowest BCUT2D eigenvalue weighted by molar-refractivity contribution is 0.574. The summed E-state index contributed by atoms with van der Waals surface area (Å²) in [6.45, 7) is 0. The number of nitrogens with one attached hydrogen (secondary N) is 1. The number of thiophene rings is 1. The fraction of sp³-hybridized carbons (Fsp3) is 0.111. The summed E-state index contributed by atoms with van der Waals surface area (Å²) < 4.78 is 14.4. The Hall–Kier alpha value is -1.83. The van der Waals surface area contributed by atoms with Crippen molar-refractivity contribution in [1.82, 2.24) is 10.3 Å². The molecular formula is C18H13BrFN3S2. The minimum absolute atomic E-state index is 0.0517. The smallest absolute Gasteiger partial charge is 0.174 e. The van der Waals surface area contributed by atoms with Crippen LogP contribution in [0.5, 0.6) is 0 Å². The van der Waals surface area contributed by atoms with Crippen molar-refractivity contribution < 1.29 is 4.39 Å². The highest BCUT2D eigenvalue weighted by Gasteiger charge is 2.41. The molecule has 1 aliphatic heterocycles. The van der Waals surface area contributed by atoms with Crippen molar-refractivity contribution in [3.8, 4) is 0 Å². The van der Waals surface area contributed by atoms with Gasteiger partial charge in [-0.25, -0.2) is 4.39 Å². The summed E-state index contributed by atoms with van der Waals surface area (Å²) in [4.78, 5) is 7.69. The number of halogens is 2. The van der Waals surface area contributed by atoms with Gasteiger partial charge in [-0.05, 0) is 70.6 Å². The molecule has 4 rings (SSSR count). The van der Waals surface area contributed by atoms with E-state index in [0.29, 0.717) is 5.11 Å². The van der Waals surface area contributed by atoms with Crippen LogP contribution in [-0.4, -0.2) is 10.1 Å². The van der Waals surface area contributed by atoms with Crippen LogP contribution in [0.25, 0.3) is 0 Å². The maximum atomic E-state index is 13.4. The lowest BCUT2D eigenvalue weighted by atomic mass is 10.0. The third-order valence-corrected chi connectivity index (χ3v) is 6.16. The summed E-state index contributed by atoms with van der Waals surface area (Å²) in [5.41, 5.74) is 1.77. The molecule has 2 aromatic heterocycles. The Morgan fingerprint density at radius 1 is 1.20 bits per heavy atom. The molecular weight excluding hydrogens is 421 g/mol. The van der Waals surface area contributed by atoms with Crippen LogP contribution < -0.4 is 10.2 Å². The van der Waals surface area contributed by atoms with Crippen molar-refractivity contribution in [3.63, 3.8) is 0 Å². The lowest BCUT2D eigenvalue weighted by Crippen LogP contribution is -2.29. The predicted octanol–water partition coefficient (Wildman–Crippen LogP) is 5.22. The number of nitrogens with zero attached hydrogens (tertiary/aromatic N) is 2. The average molecular weight is 434 g/mol. The number of thiocarbonyl (C=S) groups is 1. The number of pyridine rings is 1. The fourth-order valence-corrected chi connectivity index (χ4v) is 4.92. The number of rotatable bonds is 3. The summed E-state index contributed by atoms with van der Waals surface area (Å²) in [5, 5.41) is 6.04. The van der Waals surface area contributed by atoms with Gasteiger partial charge in [0.25, 0.3) is 0 Å². The molecule has 0 bridgehead atoms. The Bertz CT molecular complexity index is 898. The largest absolute Gasteiger partial charge is 0.351 e. The predicted molar refractivity (Wildman–Crippen MR) is 106 cm³/mol. The zero-order valence-electron chi connectivity index (χ0n) is 12.9. The maximum Gasteiger partial charge on any atom is 0.174 e. The first-order chi connectivity index (χ1) is 12.1. The zero-order chi connectivity index (χ0) is 17.4. The summed E-state index contributed by atoms with van der Waals surface area (Å²) >= 11 is 10.8. The highest BCUT2D eigenvalue weighted by Crippen LogP contribution is 2.43. The zero-order valence-corrected chi connectivity index (χ0v) is 16.1.